The second-order valence-corrected chi connectivity index (χ2v) is 5.85. The zero-order chi connectivity index (χ0) is 15.4. The summed E-state index contributed by atoms with van der Waals surface area (Å²) in [5.74, 6) is 0.455. The molecule has 2 rings (SSSR count). The molecule has 2 heterocycles. The van der Waals surface area contributed by atoms with E-state index in [9.17, 15) is 9.90 Å². The first-order valence-corrected chi connectivity index (χ1v) is 7.60. The van der Waals surface area contributed by atoms with E-state index in [1.807, 2.05) is 13.8 Å². The smallest absolute Gasteiger partial charge is 0.255 e. The van der Waals surface area contributed by atoms with Crippen molar-refractivity contribution < 1.29 is 14.6 Å². The highest BCUT2D eigenvalue weighted by Crippen LogP contribution is 2.22. The highest BCUT2D eigenvalue weighted by Gasteiger charge is 2.30. The topological polar surface area (TPSA) is 62.7 Å². The number of likely N-dealkylation sites (tertiary alicyclic amines) is 1. The van der Waals surface area contributed by atoms with Gasteiger partial charge < -0.3 is 14.7 Å². The summed E-state index contributed by atoms with van der Waals surface area (Å²) in [6.45, 7) is 6.30. The molecule has 1 aromatic rings. The van der Waals surface area contributed by atoms with E-state index in [1.54, 1.807) is 30.2 Å². The average Bonchev–Trinajstić information content (AvgIpc) is 2.46. The van der Waals surface area contributed by atoms with Gasteiger partial charge in [0.25, 0.3) is 5.91 Å². The number of ether oxygens (including phenoxy) is 1. The Balaban J connectivity index is 2.11. The van der Waals surface area contributed by atoms with Gasteiger partial charge >= 0.3 is 0 Å². The average molecular weight is 292 g/mol. The summed E-state index contributed by atoms with van der Waals surface area (Å²) in [7, 11) is 0. The number of pyridine rings is 1. The van der Waals surface area contributed by atoms with Crippen LogP contribution in [0.25, 0.3) is 0 Å². The van der Waals surface area contributed by atoms with E-state index in [-0.39, 0.29) is 18.1 Å². The third-order valence-corrected chi connectivity index (χ3v) is 3.71. The van der Waals surface area contributed by atoms with E-state index in [0.717, 1.165) is 19.3 Å². The van der Waals surface area contributed by atoms with E-state index in [0.29, 0.717) is 18.0 Å². The van der Waals surface area contributed by atoms with Crippen molar-refractivity contribution in [3.63, 3.8) is 0 Å². The third-order valence-electron chi connectivity index (χ3n) is 3.71. The lowest BCUT2D eigenvalue weighted by Crippen LogP contribution is -2.48. The first-order chi connectivity index (χ1) is 9.99. The monoisotopic (exact) mass is 292 g/mol. The van der Waals surface area contributed by atoms with Crippen molar-refractivity contribution in [1.29, 1.82) is 0 Å². The van der Waals surface area contributed by atoms with Crippen LogP contribution < -0.4 is 4.74 Å². The quantitative estimate of drug-likeness (QED) is 0.924. The Morgan fingerprint density at radius 2 is 2.14 bits per heavy atom. The lowest BCUT2D eigenvalue weighted by atomic mass is 9.97. The minimum absolute atomic E-state index is 0.0563. The summed E-state index contributed by atoms with van der Waals surface area (Å²) in [6, 6.07) is 3.35. The van der Waals surface area contributed by atoms with Crippen LogP contribution in [0.15, 0.2) is 18.3 Å². The molecule has 5 heteroatoms. The summed E-state index contributed by atoms with van der Waals surface area (Å²) in [4.78, 5) is 18.5. The van der Waals surface area contributed by atoms with Gasteiger partial charge in [-0.15, -0.1) is 0 Å². The van der Waals surface area contributed by atoms with Gasteiger partial charge in [0.15, 0.2) is 0 Å². The number of aromatic nitrogens is 1. The van der Waals surface area contributed by atoms with Gasteiger partial charge in [0.1, 0.15) is 0 Å². The van der Waals surface area contributed by atoms with E-state index in [1.165, 1.54) is 0 Å². The predicted octanol–water partition coefficient (Wildman–Crippen LogP) is 2.24. The number of carbonyl (C=O) groups excluding carboxylic acids is 1. The van der Waals surface area contributed by atoms with Crippen LogP contribution >= 0.6 is 0 Å². The molecule has 5 nitrogen and oxygen atoms in total. The van der Waals surface area contributed by atoms with Crippen LogP contribution in [0.2, 0.25) is 0 Å². The van der Waals surface area contributed by atoms with Gasteiger partial charge in [0.05, 0.1) is 23.8 Å². The fraction of sp³-hybridized carbons (Fsp3) is 0.625. The lowest BCUT2D eigenvalue weighted by Gasteiger charge is -2.37. The molecule has 1 fully saturated rings. The second-order valence-electron chi connectivity index (χ2n) is 5.85. The van der Waals surface area contributed by atoms with Crippen LogP contribution in [0.3, 0.4) is 0 Å². The Hall–Kier alpha value is -1.62. The maximum atomic E-state index is 12.6. The number of aliphatic hydroxyl groups is 1. The molecule has 1 N–H and O–H groups in total. The maximum Gasteiger partial charge on any atom is 0.255 e. The number of hydrogen-bond acceptors (Lipinski definition) is 4. The molecule has 1 aliphatic heterocycles. The van der Waals surface area contributed by atoms with Gasteiger partial charge in [-0.3, -0.25) is 4.79 Å². The number of piperidine rings is 1. The van der Waals surface area contributed by atoms with Gasteiger partial charge in [-0.25, -0.2) is 4.98 Å². The maximum absolute atomic E-state index is 12.6. The minimum atomic E-state index is -0.509. The fourth-order valence-corrected chi connectivity index (χ4v) is 2.69. The van der Waals surface area contributed by atoms with Crippen molar-refractivity contribution in [1.82, 2.24) is 9.88 Å². The van der Waals surface area contributed by atoms with Gasteiger partial charge in [0.2, 0.25) is 5.88 Å². The highest BCUT2D eigenvalue weighted by atomic mass is 16.5. The number of carbonyl (C=O) groups is 1. The van der Waals surface area contributed by atoms with E-state index in [4.69, 9.17) is 4.74 Å². The molecule has 21 heavy (non-hydrogen) atoms. The normalized spacial score (nSPS) is 20.4. The summed E-state index contributed by atoms with van der Waals surface area (Å²) in [5, 5.41) is 9.86. The Kier molecular flexibility index (Phi) is 5.17. The molecule has 2 atom stereocenters. The summed E-state index contributed by atoms with van der Waals surface area (Å²) in [5.41, 5.74) is 0.540. The van der Waals surface area contributed by atoms with Crippen LogP contribution in [0.4, 0.5) is 0 Å². The molecule has 1 amide bonds. The van der Waals surface area contributed by atoms with Crippen LogP contribution in [-0.4, -0.2) is 45.7 Å². The number of hydrogen-bond donors (Lipinski definition) is 1. The van der Waals surface area contributed by atoms with Crippen molar-refractivity contribution in [2.75, 3.05) is 6.54 Å². The number of nitrogens with zero attached hydrogens (tertiary/aromatic N) is 2. The van der Waals surface area contributed by atoms with Crippen LogP contribution in [0.5, 0.6) is 5.88 Å². The molecule has 2 unspecified atom stereocenters. The molecule has 0 spiro atoms. The molecule has 1 saturated heterocycles. The first kappa shape index (κ1) is 15.8. The van der Waals surface area contributed by atoms with Crippen LogP contribution in [0.1, 0.15) is 50.4 Å². The molecule has 0 aliphatic carbocycles. The largest absolute Gasteiger partial charge is 0.475 e. The lowest BCUT2D eigenvalue weighted by molar-refractivity contribution is 0.0280. The zero-order valence-electron chi connectivity index (χ0n) is 13.0. The van der Waals surface area contributed by atoms with Crippen molar-refractivity contribution in [3.8, 4) is 5.88 Å². The third kappa shape index (κ3) is 3.94. The molecule has 0 radical (unpaired) electrons. The number of aliphatic hydroxyl groups excluding tert-OH is 1. The minimum Gasteiger partial charge on any atom is -0.475 e. The molecule has 1 aliphatic rings. The zero-order valence-corrected chi connectivity index (χ0v) is 13.0. The summed E-state index contributed by atoms with van der Waals surface area (Å²) in [6.07, 6.45) is 3.99. The molecule has 1 aromatic heterocycles. The standard InChI is InChI=1S/C16H24N2O3/c1-11(2)21-15-8-7-13(10-17-15)16(20)18-9-5-4-6-14(18)12(3)19/h7-8,10-12,14,19H,4-6,9H2,1-3H3. The van der Waals surface area contributed by atoms with Crippen molar-refractivity contribution in [2.24, 2.45) is 0 Å². The SMILES string of the molecule is CC(C)Oc1ccc(C(=O)N2CCCCC2C(C)O)cn1. The van der Waals surface area contributed by atoms with Gasteiger partial charge in [-0.2, -0.15) is 0 Å². The summed E-state index contributed by atoms with van der Waals surface area (Å²) < 4.78 is 5.48. The summed E-state index contributed by atoms with van der Waals surface area (Å²) >= 11 is 0. The Morgan fingerprint density at radius 3 is 2.71 bits per heavy atom. The van der Waals surface area contributed by atoms with Gasteiger partial charge in [-0.1, -0.05) is 0 Å². The van der Waals surface area contributed by atoms with Crippen molar-refractivity contribution in [2.45, 2.75) is 58.3 Å². The Labute approximate surface area is 125 Å². The second kappa shape index (κ2) is 6.89. The van der Waals surface area contributed by atoms with E-state index < -0.39 is 6.10 Å². The van der Waals surface area contributed by atoms with Crippen molar-refractivity contribution >= 4 is 5.91 Å². The first-order valence-electron chi connectivity index (χ1n) is 7.60. The van der Waals surface area contributed by atoms with Crippen LogP contribution in [-0.2, 0) is 0 Å². The molecular weight excluding hydrogens is 268 g/mol. The van der Waals surface area contributed by atoms with Gasteiger partial charge in [0, 0.05) is 18.8 Å². The van der Waals surface area contributed by atoms with E-state index >= 15 is 0 Å². The van der Waals surface area contributed by atoms with Crippen LogP contribution in [0, 0.1) is 0 Å². The highest BCUT2D eigenvalue weighted by molar-refractivity contribution is 5.94. The Morgan fingerprint density at radius 1 is 1.38 bits per heavy atom. The number of amides is 1. The van der Waals surface area contributed by atoms with E-state index in [2.05, 4.69) is 4.98 Å². The van der Waals surface area contributed by atoms with Crippen molar-refractivity contribution in [3.05, 3.63) is 23.9 Å². The predicted molar refractivity (Wildman–Crippen MR) is 80.4 cm³/mol. The molecule has 116 valence electrons. The van der Waals surface area contributed by atoms with Gasteiger partial charge in [-0.05, 0) is 46.1 Å². The number of rotatable bonds is 4. The molecular formula is C16H24N2O3. The molecule has 0 bridgehead atoms. The molecule has 0 saturated carbocycles. The Bertz CT molecular complexity index is 471. The molecule has 0 aromatic carbocycles. The fourth-order valence-electron chi connectivity index (χ4n) is 2.69.